The van der Waals surface area contributed by atoms with Crippen LogP contribution >= 0.6 is 11.8 Å². The van der Waals surface area contributed by atoms with Crippen LogP contribution in [0, 0.1) is 5.82 Å². The van der Waals surface area contributed by atoms with E-state index < -0.39 is 40.8 Å². The summed E-state index contributed by atoms with van der Waals surface area (Å²) in [6.45, 7) is 0.223. The van der Waals surface area contributed by atoms with Crippen molar-refractivity contribution in [2.24, 2.45) is 5.73 Å². The average molecular weight is 405 g/mol. The van der Waals surface area contributed by atoms with Crippen molar-refractivity contribution in [3.05, 3.63) is 46.9 Å². The number of hydrogen-bond donors (Lipinski definition) is 3. The molecule has 2 fully saturated rings. The molecule has 1 aromatic carbocycles. The third-order valence-corrected chi connectivity index (χ3v) is 6.29. The first-order chi connectivity index (χ1) is 13.3. The molecule has 0 saturated carbocycles. The Hall–Kier alpha value is -2.85. The Kier molecular flexibility index (Phi) is 4.39. The van der Waals surface area contributed by atoms with Gasteiger partial charge in [0.1, 0.15) is 17.1 Å². The Labute approximate surface area is 163 Å². The van der Waals surface area contributed by atoms with Gasteiger partial charge in [0.2, 0.25) is 5.91 Å². The lowest BCUT2D eigenvalue weighted by atomic mass is 10.0. The molecule has 0 unspecified atom stereocenters. The molecule has 0 aliphatic carbocycles. The normalized spacial score (nSPS) is 26.0. The van der Waals surface area contributed by atoms with Gasteiger partial charge in [-0.2, -0.15) is 0 Å². The monoisotopic (exact) mass is 405 g/mol. The number of rotatable bonds is 3. The fraction of sp³-hybridized carbons (Fsp3) is 0.278. The molecule has 0 spiro atoms. The van der Waals surface area contributed by atoms with Crippen LogP contribution < -0.4 is 10.6 Å². The first-order valence-electron chi connectivity index (χ1n) is 8.48. The Balaban J connectivity index is 1.67. The number of nitrogens with two attached hydrogens (primary N) is 1. The van der Waals surface area contributed by atoms with Gasteiger partial charge in [-0.15, -0.1) is 11.8 Å². The van der Waals surface area contributed by atoms with Gasteiger partial charge in [0.25, 0.3) is 5.91 Å². The zero-order valence-electron chi connectivity index (χ0n) is 14.5. The topological polar surface area (TPSA) is 124 Å². The molecule has 2 saturated heterocycles. The van der Waals surface area contributed by atoms with E-state index in [-0.39, 0.29) is 17.9 Å². The second-order valence-electron chi connectivity index (χ2n) is 6.60. The van der Waals surface area contributed by atoms with E-state index in [2.05, 4.69) is 0 Å². The van der Waals surface area contributed by atoms with E-state index in [9.17, 15) is 29.0 Å². The second-order valence-corrected chi connectivity index (χ2v) is 7.70. The van der Waals surface area contributed by atoms with E-state index in [1.807, 2.05) is 0 Å². The molecule has 10 heteroatoms. The van der Waals surface area contributed by atoms with Crippen LogP contribution in [0.4, 0.5) is 10.1 Å². The van der Waals surface area contributed by atoms with Gasteiger partial charge in [-0.05, 0) is 30.2 Å². The van der Waals surface area contributed by atoms with Crippen LogP contribution in [0.5, 0.6) is 5.75 Å². The molecule has 2 atom stereocenters. The molecule has 3 heterocycles. The summed E-state index contributed by atoms with van der Waals surface area (Å²) in [5.74, 6) is -3.32. The predicted octanol–water partition coefficient (Wildman–Crippen LogP) is 0.776. The van der Waals surface area contributed by atoms with E-state index in [4.69, 9.17) is 5.73 Å². The molecule has 4 rings (SSSR count). The van der Waals surface area contributed by atoms with Gasteiger partial charge in [-0.1, -0.05) is 6.07 Å². The number of amides is 2. The van der Waals surface area contributed by atoms with Crippen LogP contribution in [0.3, 0.4) is 0 Å². The van der Waals surface area contributed by atoms with Gasteiger partial charge in [0, 0.05) is 17.9 Å². The summed E-state index contributed by atoms with van der Waals surface area (Å²) >= 11 is 1.34. The number of hydrogen-bond acceptors (Lipinski definition) is 6. The maximum Gasteiger partial charge on any atom is 0.352 e. The predicted molar refractivity (Wildman–Crippen MR) is 98.8 cm³/mol. The first kappa shape index (κ1) is 18.5. The number of phenols is 1. The molecule has 0 aromatic heterocycles. The van der Waals surface area contributed by atoms with Gasteiger partial charge >= 0.3 is 5.97 Å². The van der Waals surface area contributed by atoms with Crippen molar-refractivity contribution in [3.63, 3.8) is 0 Å². The number of carbonyl (C=O) groups is 3. The lowest BCUT2D eigenvalue weighted by molar-refractivity contribution is -0.147. The van der Waals surface area contributed by atoms with Crippen LogP contribution in [0.25, 0.3) is 0 Å². The fourth-order valence-electron chi connectivity index (χ4n) is 3.56. The highest BCUT2D eigenvalue weighted by Crippen LogP contribution is 2.41. The van der Waals surface area contributed by atoms with Crippen molar-refractivity contribution in [3.8, 4) is 5.75 Å². The van der Waals surface area contributed by atoms with Gasteiger partial charge in [0.15, 0.2) is 11.6 Å². The number of thioether (sulfide) groups is 1. The lowest BCUT2D eigenvalue weighted by Gasteiger charge is -2.47. The van der Waals surface area contributed by atoms with Gasteiger partial charge in [0.05, 0.1) is 5.69 Å². The van der Waals surface area contributed by atoms with Crippen LogP contribution in [-0.2, 0) is 14.4 Å². The van der Waals surface area contributed by atoms with Gasteiger partial charge in [-0.25, -0.2) is 9.18 Å². The van der Waals surface area contributed by atoms with Crippen molar-refractivity contribution in [2.75, 3.05) is 17.2 Å². The van der Waals surface area contributed by atoms with E-state index in [1.165, 1.54) is 34.9 Å². The minimum atomic E-state index is -1.26. The molecule has 0 bridgehead atoms. The molecular weight excluding hydrogens is 389 g/mol. The van der Waals surface area contributed by atoms with Crippen LogP contribution in [0.15, 0.2) is 41.1 Å². The summed E-state index contributed by atoms with van der Waals surface area (Å²) in [6.07, 6.45) is 1.77. The molecule has 0 radical (unpaired) electrons. The molecule has 8 nitrogen and oxygen atoms in total. The van der Waals surface area contributed by atoms with Crippen molar-refractivity contribution in [2.45, 2.75) is 17.8 Å². The summed E-state index contributed by atoms with van der Waals surface area (Å²) in [6, 6.07) is 3.18. The third kappa shape index (κ3) is 2.68. The maximum atomic E-state index is 13.6. The average Bonchev–Trinajstić information content (AvgIpc) is 3.03. The number of β-lactam (4-membered cyclic amide) rings is 1. The number of allylic oxidation sites excluding steroid dienone is 1. The number of carboxylic acids is 1. The summed E-state index contributed by atoms with van der Waals surface area (Å²) in [7, 11) is 0. The highest BCUT2D eigenvalue weighted by Gasteiger charge is 2.51. The fourth-order valence-corrected chi connectivity index (χ4v) is 4.81. The smallest absolute Gasteiger partial charge is 0.352 e. The minimum absolute atomic E-state index is 0.0582. The number of carbonyl (C=O) groups excluding carboxylic acids is 2. The van der Waals surface area contributed by atoms with Crippen molar-refractivity contribution in [1.29, 1.82) is 0 Å². The number of nitrogens with zero attached hydrogens (tertiary/aromatic N) is 2. The Morgan fingerprint density at radius 2 is 2.11 bits per heavy atom. The molecule has 1 aromatic rings. The van der Waals surface area contributed by atoms with Crippen LogP contribution in [0.2, 0.25) is 0 Å². The second kappa shape index (κ2) is 6.64. The zero-order chi connectivity index (χ0) is 20.2. The first-order valence-corrected chi connectivity index (χ1v) is 9.52. The third-order valence-electron chi connectivity index (χ3n) is 4.97. The number of halogens is 1. The van der Waals surface area contributed by atoms with Gasteiger partial charge < -0.3 is 20.8 Å². The Bertz CT molecular complexity index is 976. The number of benzene rings is 1. The standard InChI is InChI=1S/C18H16FN3O5S/c19-10-2-1-3-11(14(10)23)21-5-4-8(15(21)24)6-9-7-28-17-12(20)16(25)22(17)13(9)18(26)27/h1-3,6,12,17,23H,4-5,7,20H2,(H,26,27)/t12-,17-/m1/s1. The highest BCUT2D eigenvalue weighted by molar-refractivity contribution is 8.00. The minimum Gasteiger partial charge on any atom is -0.503 e. The molecule has 2 amide bonds. The number of aliphatic carboxylic acids is 1. The maximum absolute atomic E-state index is 13.6. The molecule has 28 heavy (non-hydrogen) atoms. The molecule has 146 valence electrons. The Morgan fingerprint density at radius 3 is 2.82 bits per heavy atom. The molecular formula is C18H16FN3O5S. The summed E-state index contributed by atoms with van der Waals surface area (Å²) in [5, 5.41) is 19.0. The van der Waals surface area contributed by atoms with Crippen LogP contribution in [-0.4, -0.2) is 56.6 Å². The summed E-state index contributed by atoms with van der Waals surface area (Å²) < 4.78 is 13.6. The van der Waals surface area contributed by atoms with Crippen molar-refractivity contribution >= 4 is 35.2 Å². The number of anilines is 1. The number of aromatic hydroxyl groups is 1. The Morgan fingerprint density at radius 1 is 1.36 bits per heavy atom. The van der Waals surface area contributed by atoms with E-state index in [0.717, 1.165) is 11.0 Å². The molecule has 3 aliphatic rings. The van der Waals surface area contributed by atoms with Crippen molar-refractivity contribution < 1.29 is 29.0 Å². The summed E-state index contributed by atoms with van der Waals surface area (Å²) in [4.78, 5) is 38.9. The molecule has 3 aliphatic heterocycles. The number of para-hydroxylation sites is 1. The van der Waals surface area contributed by atoms with E-state index in [1.54, 1.807) is 0 Å². The number of carboxylic acid groups (broad SMARTS) is 1. The SMILES string of the molecule is N[C@@H]1C(=O)N2C(C(=O)O)=C(C=C3CCN(c4cccc(F)c4O)C3=O)CS[C@H]12. The quantitative estimate of drug-likeness (QED) is 0.501. The number of fused-ring (bicyclic) bond motifs is 1. The zero-order valence-corrected chi connectivity index (χ0v) is 15.3. The lowest BCUT2D eigenvalue weighted by Crippen LogP contribution is -2.68. The van der Waals surface area contributed by atoms with Crippen LogP contribution in [0.1, 0.15) is 6.42 Å². The highest BCUT2D eigenvalue weighted by atomic mass is 32.2. The van der Waals surface area contributed by atoms with E-state index in [0.29, 0.717) is 23.3 Å². The number of phenolic OH excluding ortho intramolecular Hbond substituents is 1. The van der Waals surface area contributed by atoms with Gasteiger partial charge in [-0.3, -0.25) is 14.5 Å². The van der Waals surface area contributed by atoms with E-state index >= 15 is 0 Å². The van der Waals surface area contributed by atoms with Crippen molar-refractivity contribution in [1.82, 2.24) is 4.90 Å². The molecule has 4 N–H and O–H groups in total. The summed E-state index contributed by atoms with van der Waals surface area (Å²) in [5.41, 5.74) is 6.29. The largest absolute Gasteiger partial charge is 0.503 e.